The van der Waals surface area contributed by atoms with Gasteiger partial charge in [0.05, 0.1) is 0 Å². The van der Waals surface area contributed by atoms with Gasteiger partial charge in [0.1, 0.15) is 0 Å². The topological polar surface area (TPSA) is 25.8 Å². The van der Waals surface area contributed by atoms with Gasteiger partial charge in [-0.05, 0) is 36.4 Å². The van der Waals surface area contributed by atoms with Gasteiger partial charge in [0.2, 0.25) is 0 Å². The minimum atomic E-state index is -0.276. The normalized spacial score (nSPS) is 9.81. The number of pyridine rings is 2. The van der Waals surface area contributed by atoms with Crippen molar-refractivity contribution < 1.29 is 49.0 Å². The van der Waals surface area contributed by atoms with E-state index in [9.17, 15) is 8.78 Å². The van der Waals surface area contributed by atoms with Crippen LogP contribution in [0.3, 0.4) is 0 Å². The molecule has 2 heterocycles. The maximum absolute atomic E-state index is 12.8. The van der Waals surface area contributed by atoms with E-state index < -0.39 is 0 Å². The predicted molar refractivity (Wildman–Crippen MR) is 116 cm³/mol. The van der Waals surface area contributed by atoms with Gasteiger partial charge in [-0.3, -0.25) is 8.78 Å². The summed E-state index contributed by atoms with van der Waals surface area (Å²) < 4.78 is 25.4. The third kappa shape index (κ3) is 8.11. The van der Waals surface area contributed by atoms with Gasteiger partial charge >= 0.3 is 0 Å². The Hall–Kier alpha value is -2.10. The van der Waals surface area contributed by atoms with E-state index in [-0.39, 0.29) is 51.8 Å². The van der Waals surface area contributed by atoms with Gasteiger partial charge in [0.25, 0.3) is 0 Å². The molecule has 0 atom stereocenters. The zero-order chi connectivity index (χ0) is 21.5. The number of hydrogen-bond donors (Lipinski definition) is 0. The number of hydrogen-bond acceptors (Lipinski definition) is 2. The van der Waals surface area contributed by atoms with Gasteiger partial charge in [-0.25, -0.2) is 0 Å². The quantitative estimate of drug-likeness (QED) is 0.214. The Labute approximate surface area is 215 Å². The van der Waals surface area contributed by atoms with Crippen LogP contribution in [0.1, 0.15) is 30.9 Å². The van der Waals surface area contributed by atoms with E-state index in [0.717, 1.165) is 28.1 Å². The summed E-state index contributed by atoms with van der Waals surface area (Å²) in [7, 11) is 0. The molecule has 0 unspecified atom stereocenters. The van der Waals surface area contributed by atoms with Crippen molar-refractivity contribution in [2.24, 2.45) is 0 Å². The fourth-order valence-corrected chi connectivity index (χ4v) is 2.77. The first-order chi connectivity index (χ1) is 14.4. The SMILES string of the molecule is CC(C)c1ccnc(-c2[c-]cc(F)cc2)c1.Cc1ccnc(-c2[c-]cc(F)cc2)c1.[Ir].[Ir]. The molecule has 4 rings (SSSR count). The van der Waals surface area contributed by atoms with Crippen LogP contribution < -0.4 is 0 Å². The molecular formula is C26H22F2Ir2N2-2. The van der Waals surface area contributed by atoms with Gasteiger partial charge in [-0.1, -0.05) is 37.1 Å². The minimum Gasteiger partial charge on any atom is -0.305 e. The first-order valence-corrected chi connectivity index (χ1v) is 9.66. The van der Waals surface area contributed by atoms with Crippen LogP contribution in [0.4, 0.5) is 8.78 Å². The van der Waals surface area contributed by atoms with Crippen molar-refractivity contribution in [3.63, 3.8) is 0 Å². The Bertz CT molecular complexity index is 1100. The first kappa shape index (κ1) is 27.9. The average Bonchev–Trinajstić information content (AvgIpc) is 2.75. The standard InChI is InChI=1S/C14H13FN.C12H9FN.2Ir/c1-10(2)12-7-8-16-14(9-12)11-3-5-13(15)6-4-11;1-9-6-7-14-12(8-9)10-2-4-11(13)5-3-10;;/h3,5-10H,1-2H3;2,4-8H,1H3;;/q2*-1;;. The van der Waals surface area contributed by atoms with Crippen molar-refractivity contribution in [1.82, 2.24) is 9.97 Å². The molecule has 2 aromatic heterocycles. The van der Waals surface area contributed by atoms with Gasteiger partial charge in [-0.15, -0.1) is 59.7 Å². The molecule has 2 aromatic carbocycles. The molecule has 0 amide bonds. The summed E-state index contributed by atoms with van der Waals surface area (Å²) in [5.74, 6) is -0.0904. The molecule has 2 nitrogen and oxygen atoms in total. The van der Waals surface area contributed by atoms with Crippen molar-refractivity contribution in [3.8, 4) is 22.5 Å². The molecule has 0 saturated carbocycles. The molecule has 0 aliphatic heterocycles. The second kappa shape index (κ2) is 13.4. The third-order valence-corrected chi connectivity index (χ3v) is 4.47. The van der Waals surface area contributed by atoms with E-state index in [1.807, 2.05) is 31.2 Å². The van der Waals surface area contributed by atoms with E-state index in [1.54, 1.807) is 24.5 Å². The molecule has 170 valence electrons. The summed E-state index contributed by atoms with van der Waals surface area (Å²) in [5.41, 5.74) is 5.66. The number of halogens is 2. The molecule has 2 radical (unpaired) electrons. The van der Waals surface area contributed by atoms with Gasteiger partial charge in [-0.2, -0.15) is 0 Å². The zero-order valence-corrected chi connectivity index (χ0v) is 22.6. The van der Waals surface area contributed by atoms with Gasteiger partial charge < -0.3 is 9.97 Å². The molecule has 0 aliphatic rings. The van der Waals surface area contributed by atoms with Crippen LogP contribution >= 0.6 is 0 Å². The molecule has 0 aliphatic carbocycles. The molecule has 6 heteroatoms. The molecule has 4 aromatic rings. The Morgan fingerprint density at radius 3 is 1.66 bits per heavy atom. The maximum atomic E-state index is 12.8. The average molecular weight is 785 g/mol. The second-order valence-electron chi connectivity index (χ2n) is 7.19. The number of rotatable bonds is 3. The Morgan fingerprint density at radius 1 is 0.719 bits per heavy atom. The van der Waals surface area contributed by atoms with Crippen molar-refractivity contribution in [3.05, 3.63) is 108 Å². The first-order valence-electron chi connectivity index (χ1n) is 9.66. The zero-order valence-electron chi connectivity index (χ0n) is 17.8. The maximum Gasteiger partial charge on any atom is 0.0379 e. The van der Waals surface area contributed by atoms with E-state index >= 15 is 0 Å². The second-order valence-corrected chi connectivity index (χ2v) is 7.19. The largest absolute Gasteiger partial charge is 0.305 e. The van der Waals surface area contributed by atoms with Gasteiger partial charge in [0, 0.05) is 64.2 Å². The van der Waals surface area contributed by atoms with E-state index in [0.29, 0.717) is 5.92 Å². The summed E-state index contributed by atoms with van der Waals surface area (Å²) in [6, 6.07) is 22.5. The Balaban J connectivity index is 0.000000303. The minimum absolute atomic E-state index is 0. The van der Waals surface area contributed by atoms with Crippen LogP contribution in [0.25, 0.3) is 22.5 Å². The number of aromatic nitrogens is 2. The van der Waals surface area contributed by atoms with Crippen molar-refractivity contribution >= 4 is 0 Å². The molecule has 0 bridgehead atoms. The molecule has 0 fully saturated rings. The third-order valence-electron chi connectivity index (χ3n) is 4.47. The smallest absolute Gasteiger partial charge is 0.0379 e. The number of aryl methyl sites for hydroxylation is 1. The van der Waals surface area contributed by atoms with Crippen LogP contribution in [0.15, 0.2) is 73.1 Å². The molecule has 0 spiro atoms. The summed E-state index contributed by atoms with van der Waals surface area (Å²) in [5, 5.41) is 0. The van der Waals surface area contributed by atoms with E-state index in [4.69, 9.17) is 0 Å². The van der Waals surface area contributed by atoms with Crippen LogP contribution in [0.2, 0.25) is 0 Å². The molecule has 32 heavy (non-hydrogen) atoms. The van der Waals surface area contributed by atoms with E-state index in [1.165, 1.54) is 29.8 Å². The summed E-state index contributed by atoms with van der Waals surface area (Å²) in [4.78, 5) is 8.45. The number of nitrogens with zero attached hydrogens (tertiary/aromatic N) is 2. The predicted octanol–water partition coefficient (Wildman–Crippen LogP) is 6.80. The Kier molecular flexibility index (Phi) is 11.7. The Morgan fingerprint density at radius 2 is 1.22 bits per heavy atom. The van der Waals surface area contributed by atoms with Crippen LogP contribution in [0, 0.1) is 30.7 Å². The van der Waals surface area contributed by atoms with Crippen molar-refractivity contribution in [2.75, 3.05) is 0 Å². The molecule has 0 saturated heterocycles. The summed E-state index contributed by atoms with van der Waals surface area (Å²) in [6.07, 6.45) is 3.52. The van der Waals surface area contributed by atoms with Crippen LogP contribution in [-0.4, -0.2) is 9.97 Å². The van der Waals surface area contributed by atoms with Crippen LogP contribution in [-0.2, 0) is 40.2 Å². The summed E-state index contributed by atoms with van der Waals surface area (Å²) in [6.45, 7) is 6.26. The van der Waals surface area contributed by atoms with Gasteiger partial charge in [0.15, 0.2) is 0 Å². The van der Waals surface area contributed by atoms with Crippen molar-refractivity contribution in [1.29, 1.82) is 0 Å². The fourth-order valence-electron chi connectivity index (χ4n) is 2.77. The number of benzene rings is 2. The molecule has 0 N–H and O–H groups in total. The monoisotopic (exact) mass is 786 g/mol. The fraction of sp³-hybridized carbons (Fsp3) is 0.154. The summed E-state index contributed by atoms with van der Waals surface area (Å²) >= 11 is 0. The van der Waals surface area contributed by atoms with Crippen LogP contribution in [0.5, 0.6) is 0 Å². The van der Waals surface area contributed by atoms with E-state index in [2.05, 4.69) is 35.9 Å². The van der Waals surface area contributed by atoms with Crippen molar-refractivity contribution in [2.45, 2.75) is 26.7 Å². The molecular weight excluding hydrogens is 763 g/mol.